The largest absolute Gasteiger partial charge is 0.456 e. The Labute approximate surface area is 322 Å². The Kier molecular flexibility index (Phi) is 6.63. The fraction of sp³-hybridized carbons (Fsp3) is 0. The number of furan rings is 1. The van der Waals surface area contributed by atoms with E-state index in [9.17, 15) is 0 Å². The van der Waals surface area contributed by atoms with Gasteiger partial charge in [0.05, 0.1) is 27.9 Å². The molecule has 0 N–H and O–H groups in total. The molecule has 3 aromatic heterocycles. The van der Waals surface area contributed by atoms with Gasteiger partial charge in [0.1, 0.15) is 11.2 Å². The zero-order valence-corrected chi connectivity index (χ0v) is 30.3. The van der Waals surface area contributed by atoms with Crippen molar-refractivity contribution in [1.29, 1.82) is 0 Å². The van der Waals surface area contributed by atoms with Gasteiger partial charge in [0.15, 0.2) is 0 Å². The summed E-state index contributed by atoms with van der Waals surface area (Å²) in [5.41, 5.74) is 13.0. The number of aromatic nitrogens is 2. The Hall–Kier alpha value is -7.49. The van der Waals surface area contributed by atoms with Gasteiger partial charge >= 0.3 is 0 Å². The van der Waals surface area contributed by atoms with Crippen molar-refractivity contribution in [1.82, 2.24) is 9.55 Å². The fourth-order valence-corrected chi connectivity index (χ4v) is 9.00. The summed E-state index contributed by atoms with van der Waals surface area (Å²) in [7, 11) is 0. The van der Waals surface area contributed by atoms with Gasteiger partial charge in [0.25, 0.3) is 0 Å². The highest BCUT2D eigenvalue weighted by Crippen LogP contribution is 2.43. The summed E-state index contributed by atoms with van der Waals surface area (Å²) in [4.78, 5) is 5.39. The average Bonchev–Trinajstić information content (AvgIpc) is 3.81. The van der Waals surface area contributed by atoms with E-state index >= 15 is 0 Å². The third kappa shape index (κ3) is 4.61. The molecule has 0 saturated carbocycles. The van der Waals surface area contributed by atoms with Gasteiger partial charge in [0, 0.05) is 48.7 Å². The summed E-state index contributed by atoms with van der Waals surface area (Å²) in [6.45, 7) is 0. The predicted molar refractivity (Wildman–Crippen MR) is 235 cm³/mol. The van der Waals surface area contributed by atoms with E-state index in [1.54, 1.807) is 0 Å². The van der Waals surface area contributed by atoms with Gasteiger partial charge in [-0.25, -0.2) is 4.98 Å². The molecule has 0 aliphatic rings. The Morgan fingerprint density at radius 2 is 0.982 bits per heavy atom. The molecule has 0 bridgehead atoms. The lowest BCUT2D eigenvalue weighted by atomic mass is 9.94. The minimum atomic E-state index is 0.887. The van der Waals surface area contributed by atoms with Crippen LogP contribution in [0, 0.1) is 0 Å². The van der Waals surface area contributed by atoms with E-state index in [1.807, 2.05) is 6.07 Å². The maximum atomic E-state index is 6.38. The van der Waals surface area contributed by atoms with Crippen molar-refractivity contribution in [3.8, 4) is 39.2 Å². The van der Waals surface area contributed by atoms with Gasteiger partial charge in [-0.05, 0) is 76.2 Å². The molecule has 0 aliphatic carbocycles. The molecule has 0 amide bonds. The van der Waals surface area contributed by atoms with Crippen molar-refractivity contribution in [3.05, 3.63) is 194 Å². The monoisotopic (exact) mass is 712 g/mol. The minimum absolute atomic E-state index is 0.887. The van der Waals surface area contributed by atoms with Gasteiger partial charge < -0.3 is 8.98 Å². The molecular weight excluding hydrogens is 681 g/mol. The first-order valence-corrected chi connectivity index (χ1v) is 19.1. The van der Waals surface area contributed by atoms with E-state index in [2.05, 4.69) is 193 Å². The van der Waals surface area contributed by atoms with Crippen LogP contribution in [-0.2, 0) is 0 Å². The van der Waals surface area contributed by atoms with Crippen LogP contribution >= 0.6 is 0 Å². The van der Waals surface area contributed by atoms with E-state index < -0.39 is 0 Å². The van der Waals surface area contributed by atoms with E-state index in [1.165, 1.54) is 54.8 Å². The zero-order chi connectivity index (χ0) is 36.7. The summed E-state index contributed by atoms with van der Waals surface area (Å²) in [5.74, 6) is 0. The van der Waals surface area contributed by atoms with Crippen LogP contribution in [0.2, 0.25) is 0 Å². The lowest BCUT2D eigenvalue weighted by molar-refractivity contribution is 0.669. The minimum Gasteiger partial charge on any atom is -0.456 e. The first kappa shape index (κ1) is 30.9. The molecule has 0 radical (unpaired) electrons. The number of fused-ring (bicyclic) bond motifs is 11. The van der Waals surface area contributed by atoms with Crippen molar-refractivity contribution in [2.45, 2.75) is 0 Å². The summed E-state index contributed by atoms with van der Waals surface area (Å²) in [6.07, 6.45) is 0. The second-order valence-electron chi connectivity index (χ2n) is 14.7. The van der Waals surface area contributed by atoms with Crippen molar-refractivity contribution < 1.29 is 4.42 Å². The van der Waals surface area contributed by atoms with E-state index in [0.29, 0.717) is 0 Å². The molecule has 3 heteroatoms. The number of hydrogen-bond acceptors (Lipinski definition) is 2. The van der Waals surface area contributed by atoms with Crippen LogP contribution in [0.5, 0.6) is 0 Å². The van der Waals surface area contributed by atoms with Crippen LogP contribution in [0.1, 0.15) is 0 Å². The van der Waals surface area contributed by atoms with Gasteiger partial charge in [-0.15, -0.1) is 0 Å². The normalized spacial score (nSPS) is 11.9. The molecule has 56 heavy (non-hydrogen) atoms. The molecule has 0 saturated heterocycles. The summed E-state index contributed by atoms with van der Waals surface area (Å²) >= 11 is 0. The molecule has 0 aliphatic heterocycles. The third-order valence-corrected chi connectivity index (χ3v) is 11.6. The Morgan fingerprint density at radius 1 is 0.357 bits per heavy atom. The standard InChI is InChI=1S/C53H32N2O/c1-2-13-34(14-3-1)53-44-28-29-50-52(43-20-7-9-23-49(43)56-50)51(44)42-27-25-37(31-45(42)54-53)35-16-10-17-36(30-35)38-24-26-41-40-19-6-8-21-47(40)55(48(41)32-38)46-22-11-15-33-12-4-5-18-39(33)46/h1-32H. The molecule has 260 valence electrons. The quantitative estimate of drug-likeness (QED) is 0.170. The summed E-state index contributed by atoms with van der Waals surface area (Å²) < 4.78 is 8.81. The number of para-hydroxylation sites is 2. The predicted octanol–water partition coefficient (Wildman–Crippen LogP) is 14.5. The molecule has 0 fully saturated rings. The van der Waals surface area contributed by atoms with E-state index in [0.717, 1.165) is 60.6 Å². The van der Waals surface area contributed by atoms with Crippen LogP contribution in [0.25, 0.3) is 115 Å². The van der Waals surface area contributed by atoms with Crippen molar-refractivity contribution >= 4 is 76.2 Å². The second-order valence-corrected chi connectivity index (χ2v) is 14.7. The second kappa shape index (κ2) is 12.0. The highest BCUT2D eigenvalue weighted by Gasteiger charge is 2.19. The van der Waals surface area contributed by atoms with Crippen LogP contribution < -0.4 is 0 Å². The molecular formula is C53H32N2O. The molecule has 0 atom stereocenters. The molecule has 12 aromatic rings. The number of nitrogens with zero attached hydrogens (tertiary/aromatic N) is 2. The average molecular weight is 713 g/mol. The van der Waals surface area contributed by atoms with E-state index in [4.69, 9.17) is 9.40 Å². The van der Waals surface area contributed by atoms with Gasteiger partial charge in [0.2, 0.25) is 0 Å². The van der Waals surface area contributed by atoms with Gasteiger partial charge in [-0.2, -0.15) is 0 Å². The van der Waals surface area contributed by atoms with Gasteiger partial charge in [-0.3, -0.25) is 0 Å². The maximum Gasteiger partial charge on any atom is 0.136 e. The van der Waals surface area contributed by atoms with Crippen molar-refractivity contribution in [2.24, 2.45) is 0 Å². The molecule has 3 heterocycles. The first-order chi connectivity index (χ1) is 27.8. The number of pyridine rings is 1. The molecule has 3 nitrogen and oxygen atoms in total. The van der Waals surface area contributed by atoms with Crippen LogP contribution in [0.15, 0.2) is 199 Å². The van der Waals surface area contributed by atoms with Crippen molar-refractivity contribution in [2.75, 3.05) is 0 Å². The molecule has 9 aromatic carbocycles. The van der Waals surface area contributed by atoms with Crippen LogP contribution in [0.4, 0.5) is 0 Å². The van der Waals surface area contributed by atoms with Gasteiger partial charge in [-0.1, -0.05) is 146 Å². The summed E-state index contributed by atoms with van der Waals surface area (Å²) in [5, 5.41) is 10.6. The SMILES string of the molecule is c1ccc(-c2nc3cc(-c4cccc(-c5ccc6c7ccccc7n(-c7cccc8ccccc78)c6c5)c4)ccc3c3c2ccc2oc4ccccc4c23)cc1. The lowest BCUT2D eigenvalue weighted by Gasteiger charge is -2.13. The topological polar surface area (TPSA) is 31.0 Å². The highest BCUT2D eigenvalue weighted by molar-refractivity contribution is 6.28. The number of benzene rings is 9. The molecule has 12 rings (SSSR count). The maximum absolute atomic E-state index is 6.38. The van der Waals surface area contributed by atoms with Crippen LogP contribution in [0.3, 0.4) is 0 Å². The van der Waals surface area contributed by atoms with E-state index in [-0.39, 0.29) is 0 Å². The molecule has 0 unspecified atom stereocenters. The van der Waals surface area contributed by atoms with Crippen LogP contribution in [-0.4, -0.2) is 9.55 Å². The first-order valence-electron chi connectivity index (χ1n) is 19.1. The molecule has 0 spiro atoms. The number of rotatable bonds is 4. The highest BCUT2D eigenvalue weighted by atomic mass is 16.3. The lowest BCUT2D eigenvalue weighted by Crippen LogP contribution is -1.95. The summed E-state index contributed by atoms with van der Waals surface area (Å²) in [6, 6.07) is 69.7. The number of hydrogen-bond donors (Lipinski definition) is 0. The Balaban J connectivity index is 1.04. The Bertz CT molecular complexity index is 3530. The zero-order valence-electron chi connectivity index (χ0n) is 30.3. The third-order valence-electron chi connectivity index (χ3n) is 11.6. The smallest absolute Gasteiger partial charge is 0.136 e. The fourth-order valence-electron chi connectivity index (χ4n) is 9.00. The Morgan fingerprint density at radius 3 is 1.86 bits per heavy atom. The van der Waals surface area contributed by atoms with Crippen molar-refractivity contribution in [3.63, 3.8) is 0 Å².